The molecule has 132 valence electrons. The van der Waals surface area contributed by atoms with Crippen molar-refractivity contribution in [3.05, 3.63) is 72.3 Å². The predicted octanol–water partition coefficient (Wildman–Crippen LogP) is 0.0234. The van der Waals surface area contributed by atoms with Crippen LogP contribution in [-0.4, -0.2) is 53.5 Å². The normalized spacial score (nSPS) is 12.2. The maximum Gasteiger partial charge on any atom is 2.00 e. The molecule has 0 fully saturated rings. The molecule has 0 bridgehead atoms. The molecule has 0 atom stereocenters. The first-order valence-electron chi connectivity index (χ1n) is 6.68. The van der Waals surface area contributed by atoms with Crippen LogP contribution in [0.2, 0.25) is 0 Å². The van der Waals surface area contributed by atoms with Gasteiger partial charge in [0.25, 0.3) is 0 Å². The Morgan fingerprint density at radius 2 is 1.08 bits per heavy atom. The van der Waals surface area contributed by atoms with Crippen molar-refractivity contribution in [2.24, 2.45) is 0 Å². The fourth-order valence-corrected chi connectivity index (χ4v) is 1.02. The topological polar surface area (TPSA) is 98.7 Å². The Labute approximate surface area is 168 Å². The van der Waals surface area contributed by atoms with Crippen LogP contribution >= 0.6 is 0 Å². The number of carboxylic acids is 2. The molecule has 0 saturated heterocycles. The van der Waals surface area contributed by atoms with Crippen molar-refractivity contribution < 1.29 is 29.3 Å². The van der Waals surface area contributed by atoms with Gasteiger partial charge in [-0.2, -0.15) is 0 Å². The molecule has 0 saturated carbocycles. The van der Waals surface area contributed by atoms with E-state index in [1.807, 2.05) is 49.3 Å². The van der Waals surface area contributed by atoms with Gasteiger partial charge >= 0.3 is 27.3 Å². The zero-order valence-corrected chi connectivity index (χ0v) is 18.5. The van der Waals surface area contributed by atoms with Crippen molar-refractivity contribution in [2.45, 2.75) is 13.8 Å². The summed E-state index contributed by atoms with van der Waals surface area (Å²) in [6, 6.07) is 0. The Balaban J connectivity index is -0.000000270. The van der Waals surface area contributed by atoms with E-state index in [0.29, 0.717) is 0 Å². The molecular weight excluding hydrogens is 519 g/mol. The molecule has 0 spiro atoms. The molecule has 0 N–H and O–H groups in total. The number of hydrogen-bond acceptors (Lipinski definition) is 6. The molecule has 0 aliphatic heterocycles. The second kappa shape index (κ2) is 20.0. The van der Waals surface area contributed by atoms with Gasteiger partial charge < -0.3 is 29.3 Å². The summed E-state index contributed by atoms with van der Waals surface area (Å²) in [6.07, 6.45) is 14.7. The molecule has 0 heterocycles. The maximum absolute atomic E-state index is 8.89. The van der Waals surface area contributed by atoms with Gasteiger partial charge in [-0.05, 0) is 50.3 Å². The molecule has 0 aromatic carbocycles. The summed E-state index contributed by atoms with van der Waals surface area (Å²) in [5.41, 5.74) is 5.77. The minimum atomic E-state index is -1.08. The molecule has 0 aromatic rings. The smallest absolute Gasteiger partial charge is 0.550 e. The third-order valence-corrected chi connectivity index (χ3v) is 1.85. The second-order valence-electron chi connectivity index (χ2n) is 3.86. The Hall–Kier alpha value is -2.02. The van der Waals surface area contributed by atoms with E-state index >= 15 is 0 Å². The monoisotopic (exact) mass is 540 g/mol. The van der Waals surface area contributed by atoms with E-state index < -0.39 is 11.9 Å². The van der Waals surface area contributed by atoms with Crippen molar-refractivity contribution in [1.82, 2.24) is 0 Å². The average molecular weight is 540 g/mol. The van der Waals surface area contributed by atoms with Crippen LogP contribution < -0.4 is 10.2 Å². The molecule has 2 aliphatic rings. The summed E-state index contributed by atoms with van der Waals surface area (Å²) in [4.78, 5) is 17.8. The fourth-order valence-electron chi connectivity index (χ4n) is 1.02. The van der Waals surface area contributed by atoms with E-state index in [1.165, 1.54) is 0 Å². The first-order valence-corrected chi connectivity index (χ1v) is 6.68. The van der Waals surface area contributed by atoms with Crippen LogP contribution in [0.3, 0.4) is 0 Å². The summed E-state index contributed by atoms with van der Waals surface area (Å²) >= 11 is 0. The minimum absolute atomic E-state index is 0. The second-order valence-corrected chi connectivity index (χ2v) is 3.86. The molecule has 0 aromatic heterocycles. The van der Waals surface area contributed by atoms with Crippen molar-refractivity contribution in [3.63, 3.8) is 0 Å². The van der Waals surface area contributed by atoms with Gasteiger partial charge in [-0.15, -0.1) is 11.5 Å². The maximum atomic E-state index is 8.89. The minimum Gasteiger partial charge on any atom is -0.550 e. The van der Waals surface area contributed by atoms with Crippen LogP contribution in [-0.2, 0) is 19.1 Å². The summed E-state index contributed by atoms with van der Waals surface area (Å²) in [5, 5.41) is 17.8. The Morgan fingerprint density at radius 3 is 1.20 bits per heavy atom. The number of allylic oxidation sites excluding steroid dienone is 4. The van der Waals surface area contributed by atoms with Crippen LogP contribution in [0.4, 0.5) is 0 Å². The van der Waals surface area contributed by atoms with Crippen LogP contribution in [0.25, 0.3) is 0 Å². The largest absolute Gasteiger partial charge is 2.00 e. The Morgan fingerprint density at radius 1 is 0.800 bits per heavy atom. The summed E-state index contributed by atoms with van der Waals surface area (Å²) in [7, 11) is 3.30. The average Bonchev–Trinajstić information content (AvgIpc) is 2.56. The Kier molecular flexibility index (Phi) is 22.3. The molecule has 2 aliphatic carbocycles. The summed E-state index contributed by atoms with van der Waals surface area (Å²) < 4.78 is 9.79. The number of hydrogen-bond donors (Lipinski definition) is 0. The molecule has 6 nitrogen and oxygen atoms in total. The van der Waals surface area contributed by atoms with E-state index in [4.69, 9.17) is 29.3 Å². The molecule has 0 amide bonds. The van der Waals surface area contributed by atoms with E-state index in [1.54, 1.807) is 14.2 Å². The zero-order chi connectivity index (χ0) is 18.8. The fraction of sp³-hybridized carbons (Fsp3) is 0.222. The number of carboxylic acid groups (broad SMARTS) is 2. The van der Waals surface area contributed by atoms with E-state index in [-0.39, 0.29) is 27.3 Å². The van der Waals surface area contributed by atoms with Gasteiger partial charge in [-0.25, -0.2) is 0 Å². The molecule has 25 heavy (non-hydrogen) atoms. The first-order chi connectivity index (χ1) is 11.3. The van der Waals surface area contributed by atoms with Crippen LogP contribution in [0.15, 0.2) is 59.4 Å². The van der Waals surface area contributed by atoms with Gasteiger partial charge in [0, 0.05) is 11.9 Å². The van der Waals surface area contributed by atoms with Gasteiger partial charge in [0.2, 0.25) is 0 Å². The Bertz CT molecular complexity index is 514. The third-order valence-electron chi connectivity index (χ3n) is 1.85. The van der Waals surface area contributed by atoms with E-state index in [2.05, 4.69) is 11.5 Å². The van der Waals surface area contributed by atoms with Crippen molar-refractivity contribution in [3.8, 4) is 0 Å². The van der Waals surface area contributed by atoms with Gasteiger partial charge in [0.15, 0.2) is 0 Å². The van der Waals surface area contributed by atoms with Gasteiger partial charge in [-0.3, -0.25) is 0 Å². The third kappa shape index (κ3) is 27.1. The number of ether oxygens (including phenoxy) is 2. The van der Waals surface area contributed by atoms with E-state index in [9.17, 15) is 0 Å². The van der Waals surface area contributed by atoms with Gasteiger partial charge in [0.05, 0.1) is 27.1 Å². The summed E-state index contributed by atoms with van der Waals surface area (Å²) in [6.45, 7) is 1.94. The molecular formula is C18H20O6Pb. The molecule has 7 heteroatoms. The number of carbonyl (C=O) groups is 2. The van der Waals surface area contributed by atoms with Crippen molar-refractivity contribution >= 4 is 39.2 Å². The molecule has 4 radical (unpaired) electrons. The van der Waals surface area contributed by atoms with Gasteiger partial charge in [-0.1, -0.05) is 0 Å². The van der Waals surface area contributed by atoms with E-state index in [0.717, 1.165) is 25.4 Å². The number of rotatable bonds is 2. The number of aliphatic carboxylic acids is 2. The van der Waals surface area contributed by atoms with Crippen LogP contribution in [0.1, 0.15) is 13.8 Å². The predicted molar refractivity (Wildman–Crippen MR) is 91.2 cm³/mol. The van der Waals surface area contributed by atoms with Crippen LogP contribution in [0.5, 0.6) is 0 Å². The quantitative estimate of drug-likeness (QED) is 0.363. The number of methoxy groups -OCH3 is 2. The van der Waals surface area contributed by atoms with Crippen molar-refractivity contribution in [1.29, 1.82) is 0 Å². The summed E-state index contributed by atoms with van der Waals surface area (Å²) in [5.74, 6) is -0.410. The standard InChI is InChI=1S/2C7H7O.2C2H4O2.Pb/c2*1-8-7-5-3-2-4-6-7;2*1-2(3)4;/h2*3-6H,1H3;2*1H3,(H,3,4);/q;;;;+2/p-2. The zero-order valence-electron chi connectivity index (χ0n) is 14.6. The molecule has 0 unspecified atom stereocenters. The number of carbonyl (C=O) groups excluding carboxylic acids is 2. The van der Waals surface area contributed by atoms with Gasteiger partial charge in [0.1, 0.15) is 11.5 Å². The SMILES string of the molecule is CC(=O)[O-].CC(=O)[O-].COC1=CC=C=C[CH]1.COC1=CC=C=C[CH]1.[Pb+2]. The van der Waals surface area contributed by atoms with Crippen molar-refractivity contribution in [2.75, 3.05) is 14.2 Å². The molecule has 2 rings (SSSR count). The van der Waals surface area contributed by atoms with Crippen LogP contribution in [0, 0.1) is 12.8 Å². The first kappa shape index (κ1) is 27.8.